The van der Waals surface area contributed by atoms with E-state index < -0.39 is 0 Å². The van der Waals surface area contributed by atoms with Crippen molar-refractivity contribution in [1.29, 1.82) is 0 Å². The number of nitrogens with zero attached hydrogens (tertiary/aromatic N) is 3. The molecule has 0 N–H and O–H groups in total. The lowest BCUT2D eigenvalue weighted by molar-refractivity contribution is 0.774. The van der Waals surface area contributed by atoms with Gasteiger partial charge in [-0.1, -0.05) is 158 Å². The summed E-state index contributed by atoms with van der Waals surface area (Å²) in [5.74, 6) is 2.16. The molecule has 12 aromatic rings. The lowest BCUT2D eigenvalue weighted by atomic mass is 9.87. The van der Waals surface area contributed by atoms with Crippen LogP contribution in [-0.2, 0) is 0 Å². The van der Waals surface area contributed by atoms with Crippen LogP contribution in [0.4, 0.5) is 0 Å². The molecule has 3 heterocycles. The molecule has 0 spiro atoms. The third-order valence-electron chi connectivity index (χ3n) is 12.7. The number of rotatable bonds is 5. The van der Waals surface area contributed by atoms with Gasteiger partial charge in [0.05, 0.1) is 0 Å². The molecule has 3 nitrogen and oxygen atoms in total. The van der Waals surface area contributed by atoms with Crippen molar-refractivity contribution in [2.75, 3.05) is 0 Å². The van der Waals surface area contributed by atoms with Gasteiger partial charge in [-0.15, -0.1) is 22.7 Å². The van der Waals surface area contributed by atoms with Gasteiger partial charge < -0.3 is 0 Å². The second-order valence-corrected chi connectivity index (χ2v) is 18.4. The average Bonchev–Trinajstić information content (AvgIpc) is 3.92. The Morgan fingerprint density at radius 3 is 1.68 bits per heavy atom. The van der Waals surface area contributed by atoms with Crippen molar-refractivity contribution in [2.45, 2.75) is 12.3 Å². The molecule has 0 saturated heterocycles. The van der Waals surface area contributed by atoms with Gasteiger partial charge in [-0.25, -0.2) is 15.0 Å². The van der Waals surface area contributed by atoms with Crippen molar-refractivity contribution in [1.82, 2.24) is 15.0 Å². The van der Waals surface area contributed by atoms with Crippen LogP contribution in [0.5, 0.6) is 0 Å². The summed E-state index contributed by atoms with van der Waals surface area (Å²) in [4.78, 5) is 15.7. The van der Waals surface area contributed by atoms with Crippen LogP contribution in [0.25, 0.3) is 112 Å². The fourth-order valence-corrected chi connectivity index (χ4v) is 12.0. The number of benzene rings is 9. The molecule has 0 fully saturated rings. The molecule has 290 valence electrons. The van der Waals surface area contributed by atoms with Crippen molar-refractivity contribution in [3.8, 4) is 33.9 Å². The number of fused-ring (bicyclic) bond motifs is 12. The molecule has 0 aliphatic heterocycles. The average molecular weight is 826 g/mol. The first kappa shape index (κ1) is 35.4. The summed E-state index contributed by atoms with van der Waals surface area (Å²) in [7, 11) is 0. The van der Waals surface area contributed by atoms with Crippen molar-refractivity contribution in [2.24, 2.45) is 0 Å². The Hall–Kier alpha value is -7.31. The maximum atomic E-state index is 5.33. The minimum atomic E-state index is -0.0307. The first-order valence-corrected chi connectivity index (χ1v) is 22.7. The van der Waals surface area contributed by atoms with E-state index in [9.17, 15) is 0 Å². The second-order valence-electron chi connectivity index (χ2n) is 16.2. The Balaban J connectivity index is 0.917. The maximum Gasteiger partial charge on any atom is 0.164 e. The molecule has 1 aliphatic rings. The zero-order valence-electron chi connectivity index (χ0n) is 33.4. The Morgan fingerprint density at radius 1 is 0.387 bits per heavy atom. The highest BCUT2D eigenvalue weighted by Crippen LogP contribution is 2.45. The van der Waals surface area contributed by atoms with E-state index in [-0.39, 0.29) is 5.92 Å². The van der Waals surface area contributed by atoms with Gasteiger partial charge in [0, 0.05) is 57.4 Å². The van der Waals surface area contributed by atoms with Crippen LogP contribution in [0.15, 0.2) is 194 Å². The predicted molar refractivity (Wildman–Crippen MR) is 265 cm³/mol. The number of aromatic nitrogens is 3. The smallest absolute Gasteiger partial charge is 0.164 e. The van der Waals surface area contributed by atoms with E-state index in [4.69, 9.17) is 15.0 Å². The minimum absolute atomic E-state index is 0.0307. The molecule has 1 unspecified atom stereocenters. The van der Waals surface area contributed by atoms with Gasteiger partial charge >= 0.3 is 0 Å². The first-order valence-electron chi connectivity index (χ1n) is 21.1. The third-order valence-corrected chi connectivity index (χ3v) is 14.9. The molecule has 0 saturated carbocycles. The molecule has 13 rings (SSSR count). The summed E-state index contributed by atoms with van der Waals surface area (Å²) >= 11 is 3.69. The summed E-state index contributed by atoms with van der Waals surface area (Å²) in [6.45, 7) is 0. The summed E-state index contributed by atoms with van der Waals surface area (Å²) in [6, 6.07) is 63.9. The van der Waals surface area contributed by atoms with Crippen LogP contribution in [0, 0.1) is 0 Å². The van der Waals surface area contributed by atoms with Crippen LogP contribution >= 0.6 is 22.7 Å². The SMILES string of the molecule is C1=CC(c2nc(-c3ccccc3)nc(-c3cccc4sc5ccccc5c34)n2)CC(c2cccc3sc4ccc(-c5ccc6c7ccccc7c7ccccc7c6c5)cc4c23)=C1. The Morgan fingerprint density at radius 2 is 0.935 bits per heavy atom. The second kappa shape index (κ2) is 14.1. The van der Waals surface area contributed by atoms with Crippen molar-refractivity contribution in [3.05, 3.63) is 206 Å². The third kappa shape index (κ3) is 5.66. The fourth-order valence-electron chi connectivity index (χ4n) is 9.77. The highest BCUT2D eigenvalue weighted by molar-refractivity contribution is 7.26. The Bertz CT molecular complexity index is 3820. The lowest BCUT2D eigenvalue weighted by Gasteiger charge is -2.20. The van der Waals surface area contributed by atoms with E-state index in [1.165, 1.54) is 94.9 Å². The van der Waals surface area contributed by atoms with Crippen LogP contribution in [0.2, 0.25) is 0 Å². The van der Waals surface area contributed by atoms with E-state index >= 15 is 0 Å². The highest BCUT2D eigenvalue weighted by Gasteiger charge is 2.24. The summed E-state index contributed by atoms with van der Waals surface area (Å²) < 4.78 is 5.08. The van der Waals surface area contributed by atoms with E-state index in [0.717, 1.165) is 23.4 Å². The number of hydrogen-bond acceptors (Lipinski definition) is 5. The van der Waals surface area contributed by atoms with Crippen molar-refractivity contribution in [3.63, 3.8) is 0 Å². The van der Waals surface area contributed by atoms with Crippen LogP contribution < -0.4 is 0 Å². The quantitative estimate of drug-likeness (QED) is 0.162. The van der Waals surface area contributed by atoms with Gasteiger partial charge in [0.25, 0.3) is 0 Å². The molecule has 5 heteroatoms. The molecule has 1 atom stereocenters. The van der Waals surface area contributed by atoms with Gasteiger partial charge in [-0.05, 0) is 97.4 Å². The van der Waals surface area contributed by atoms with E-state index in [0.29, 0.717) is 11.6 Å². The number of thiophene rings is 2. The minimum Gasteiger partial charge on any atom is -0.212 e. The van der Waals surface area contributed by atoms with E-state index in [2.05, 4.69) is 176 Å². The maximum absolute atomic E-state index is 5.33. The Labute approximate surface area is 365 Å². The Kier molecular flexibility index (Phi) is 8.08. The summed E-state index contributed by atoms with van der Waals surface area (Å²) in [6.07, 6.45) is 7.52. The van der Waals surface area contributed by atoms with Crippen LogP contribution in [0.3, 0.4) is 0 Å². The molecule has 0 radical (unpaired) electrons. The topological polar surface area (TPSA) is 38.7 Å². The number of hydrogen-bond donors (Lipinski definition) is 0. The molecule has 9 aromatic carbocycles. The predicted octanol–water partition coefficient (Wildman–Crippen LogP) is 16.2. The summed E-state index contributed by atoms with van der Waals surface area (Å²) in [5.41, 5.74) is 7.02. The van der Waals surface area contributed by atoms with E-state index in [1.54, 1.807) is 0 Å². The molecule has 62 heavy (non-hydrogen) atoms. The zero-order valence-corrected chi connectivity index (χ0v) is 35.1. The molecular weight excluding hydrogens is 791 g/mol. The van der Waals surface area contributed by atoms with Gasteiger partial charge in [0.1, 0.15) is 5.82 Å². The van der Waals surface area contributed by atoms with Gasteiger partial charge in [-0.2, -0.15) is 0 Å². The molecule has 3 aromatic heterocycles. The van der Waals surface area contributed by atoms with E-state index in [1.807, 2.05) is 40.9 Å². The lowest BCUT2D eigenvalue weighted by Crippen LogP contribution is -2.09. The van der Waals surface area contributed by atoms with Crippen LogP contribution in [0.1, 0.15) is 23.7 Å². The molecular formula is C57H35N3S2. The van der Waals surface area contributed by atoms with Gasteiger partial charge in [0.15, 0.2) is 11.6 Å². The first-order chi connectivity index (χ1) is 30.7. The zero-order chi connectivity index (χ0) is 40.7. The van der Waals surface area contributed by atoms with Crippen LogP contribution in [-0.4, -0.2) is 15.0 Å². The highest BCUT2D eigenvalue weighted by atomic mass is 32.1. The normalized spacial score (nSPS) is 14.3. The number of allylic oxidation sites excluding steroid dienone is 4. The van der Waals surface area contributed by atoms with Gasteiger partial charge in [-0.3, -0.25) is 0 Å². The molecule has 0 amide bonds. The fraction of sp³-hybridized carbons (Fsp3) is 0.0351. The standard InChI is InChI=1S/C57H35N3S2/c1-2-13-34(14-3-1)55-58-56(60-57(59-55)46-23-12-26-52-54(46)45-21-8-9-24-49(45)61-52)38-16-10-15-37(31-38)39-22-11-25-51-53(39)48-33-36(28-30-50(48)62-51)35-27-29-44-42-19-5-4-17-40(42)41-18-6-7-20-43(41)47(44)32-35/h1-30,32-33,38H,31H2. The van der Waals surface area contributed by atoms with Crippen molar-refractivity contribution >= 4 is 101 Å². The van der Waals surface area contributed by atoms with Gasteiger partial charge in [0.2, 0.25) is 0 Å². The largest absolute Gasteiger partial charge is 0.212 e. The monoisotopic (exact) mass is 825 g/mol. The summed E-state index contributed by atoms with van der Waals surface area (Å²) in [5, 5.41) is 12.8. The molecule has 0 bridgehead atoms. The van der Waals surface area contributed by atoms with Crippen molar-refractivity contribution < 1.29 is 0 Å². The molecule has 1 aliphatic carbocycles.